The summed E-state index contributed by atoms with van der Waals surface area (Å²) >= 11 is 0. The largest absolute Gasteiger partial charge is 0.454 e. The van der Waals surface area contributed by atoms with Crippen LogP contribution >= 0.6 is 0 Å². The molecule has 0 spiro atoms. The lowest BCUT2D eigenvalue weighted by Crippen LogP contribution is -2.40. The number of ether oxygens (including phenoxy) is 1. The van der Waals surface area contributed by atoms with Gasteiger partial charge in [0.2, 0.25) is 0 Å². The Morgan fingerprint density at radius 2 is 1.87 bits per heavy atom. The second-order valence-corrected chi connectivity index (χ2v) is 6.62. The summed E-state index contributed by atoms with van der Waals surface area (Å²) in [6.45, 7) is 4.72. The number of hydrogen-bond acceptors (Lipinski definition) is 6. The number of carbonyl (C=O) groups excluding carboxylic acids is 3. The van der Waals surface area contributed by atoms with Crippen molar-refractivity contribution in [2.75, 3.05) is 11.9 Å². The third-order valence-electron chi connectivity index (χ3n) is 4.37. The number of carbonyl (C=O) groups is 3. The maximum absolute atomic E-state index is 12.2. The average molecular weight is 413 g/mol. The van der Waals surface area contributed by atoms with Crippen molar-refractivity contribution in [2.24, 2.45) is 0 Å². The Hall–Kier alpha value is -3.75. The van der Waals surface area contributed by atoms with E-state index in [1.165, 1.54) is 25.1 Å². The van der Waals surface area contributed by atoms with Gasteiger partial charge in [-0.3, -0.25) is 19.7 Å². The van der Waals surface area contributed by atoms with E-state index in [4.69, 9.17) is 4.74 Å². The van der Waals surface area contributed by atoms with E-state index in [1.807, 2.05) is 32.0 Å². The lowest BCUT2D eigenvalue weighted by atomic mass is 10.1. The maximum Gasteiger partial charge on any atom is 0.328 e. The van der Waals surface area contributed by atoms with Crippen LogP contribution < -0.4 is 10.6 Å². The SMILES string of the molecule is CCc1cccc(C)c1NC(=O)COC(=O)[C@H](C)NC(=O)c1cccc([N+](=O)[O-])c1. The van der Waals surface area contributed by atoms with Gasteiger partial charge < -0.3 is 15.4 Å². The molecule has 9 heteroatoms. The number of esters is 1. The van der Waals surface area contributed by atoms with E-state index in [0.717, 1.165) is 23.6 Å². The Morgan fingerprint density at radius 3 is 2.53 bits per heavy atom. The molecular weight excluding hydrogens is 390 g/mol. The van der Waals surface area contributed by atoms with Crippen molar-refractivity contribution in [3.05, 3.63) is 69.3 Å². The molecule has 30 heavy (non-hydrogen) atoms. The summed E-state index contributed by atoms with van der Waals surface area (Å²) in [5.41, 5.74) is 2.34. The van der Waals surface area contributed by atoms with Crippen LogP contribution in [0.4, 0.5) is 11.4 Å². The molecule has 0 aliphatic heterocycles. The van der Waals surface area contributed by atoms with Gasteiger partial charge in [0.1, 0.15) is 6.04 Å². The van der Waals surface area contributed by atoms with Crippen molar-refractivity contribution in [1.82, 2.24) is 5.32 Å². The van der Waals surface area contributed by atoms with E-state index < -0.39 is 35.4 Å². The summed E-state index contributed by atoms with van der Waals surface area (Å²) in [7, 11) is 0. The summed E-state index contributed by atoms with van der Waals surface area (Å²) < 4.78 is 4.98. The highest BCUT2D eigenvalue weighted by atomic mass is 16.6. The molecule has 2 amide bonds. The Labute approximate surface area is 173 Å². The summed E-state index contributed by atoms with van der Waals surface area (Å²) in [4.78, 5) is 46.7. The monoisotopic (exact) mass is 413 g/mol. The van der Waals surface area contributed by atoms with Crippen LogP contribution in [0.5, 0.6) is 0 Å². The molecule has 1 atom stereocenters. The number of nitrogens with one attached hydrogen (secondary N) is 2. The van der Waals surface area contributed by atoms with E-state index in [9.17, 15) is 24.5 Å². The molecule has 0 fully saturated rings. The lowest BCUT2D eigenvalue weighted by molar-refractivity contribution is -0.384. The van der Waals surface area contributed by atoms with Crippen LogP contribution in [0.3, 0.4) is 0 Å². The zero-order valence-corrected chi connectivity index (χ0v) is 16.9. The fraction of sp³-hybridized carbons (Fsp3) is 0.286. The molecule has 158 valence electrons. The number of nitro groups is 1. The predicted octanol–water partition coefficient (Wildman–Crippen LogP) is 2.77. The van der Waals surface area contributed by atoms with Gasteiger partial charge in [0, 0.05) is 23.4 Å². The highest BCUT2D eigenvalue weighted by Gasteiger charge is 2.20. The van der Waals surface area contributed by atoms with Gasteiger partial charge in [0.25, 0.3) is 17.5 Å². The highest BCUT2D eigenvalue weighted by Crippen LogP contribution is 2.21. The molecule has 2 rings (SSSR count). The second-order valence-electron chi connectivity index (χ2n) is 6.62. The van der Waals surface area contributed by atoms with Gasteiger partial charge in [-0.15, -0.1) is 0 Å². The number of amides is 2. The maximum atomic E-state index is 12.2. The number of aryl methyl sites for hydroxylation is 2. The number of benzene rings is 2. The van der Waals surface area contributed by atoms with Crippen LogP contribution in [0, 0.1) is 17.0 Å². The van der Waals surface area contributed by atoms with Crippen molar-refractivity contribution in [3.63, 3.8) is 0 Å². The molecule has 0 aromatic heterocycles. The minimum Gasteiger partial charge on any atom is -0.454 e. The first-order valence-corrected chi connectivity index (χ1v) is 9.33. The molecule has 2 aromatic carbocycles. The predicted molar refractivity (Wildman–Crippen MR) is 110 cm³/mol. The first kappa shape index (κ1) is 22.5. The Bertz CT molecular complexity index is 973. The van der Waals surface area contributed by atoms with Gasteiger partial charge in [-0.05, 0) is 37.5 Å². The van der Waals surface area contributed by atoms with Crippen molar-refractivity contribution < 1.29 is 24.0 Å². The molecule has 0 unspecified atom stereocenters. The molecule has 0 bridgehead atoms. The van der Waals surface area contributed by atoms with E-state index >= 15 is 0 Å². The topological polar surface area (TPSA) is 128 Å². The molecule has 0 saturated heterocycles. The van der Waals surface area contributed by atoms with E-state index in [2.05, 4.69) is 10.6 Å². The standard InChI is InChI=1S/C21H23N3O6/c1-4-15-8-5-7-13(2)19(15)23-18(25)12-30-21(27)14(3)22-20(26)16-9-6-10-17(11-16)24(28)29/h5-11,14H,4,12H2,1-3H3,(H,22,26)(H,23,25)/t14-/m0/s1. The third kappa shape index (κ3) is 5.87. The van der Waals surface area contributed by atoms with Crippen LogP contribution in [0.1, 0.15) is 35.3 Å². The van der Waals surface area contributed by atoms with Crippen molar-refractivity contribution in [2.45, 2.75) is 33.2 Å². The molecule has 0 radical (unpaired) electrons. The number of nitro benzene ring substituents is 1. The van der Waals surface area contributed by atoms with E-state index in [1.54, 1.807) is 0 Å². The van der Waals surface area contributed by atoms with Crippen molar-refractivity contribution >= 4 is 29.2 Å². The van der Waals surface area contributed by atoms with Gasteiger partial charge >= 0.3 is 5.97 Å². The fourth-order valence-electron chi connectivity index (χ4n) is 2.74. The number of rotatable bonds is 8. The zero-order valence-electron chi connectivity index (χ0n) is 16.9. The Kier molecular flexibility index (Phi) is 7.62. The third-order valence-corrected chi connectivity index (χ3v) is 4.37. The number of anilines is 1. The molecule has 0 aliphatic carbocycles. The molecule has 2 N–H and O–H groups in total. The van der Waals surface area contributed by atoms with Gasteiger partial charge in [0.15, 0.2) is 6.61 Å². The molecular formula is C21H23N3O6. The van der Waals surface area contributed by atoms with Crippen LogP contribution in [0.15, 0.2) is 42.5 Å². The zero-order chi connectivity index (χ0) is 22.3. The number of para-hydroxylation sites is 1. The van der Waals surface area contributed by atoms with Gasteiger partial charge in [-0.25, -0.2) is 4.79 Å². The number of nitrogens with zero attached hydrogens (tertiary/aromatic N) is 1. The van der Waals surface area contributed by atoms with Gasteiger partial charge in [0.05, 0.1) is 4.92 Å². The average Bonchev–Trinajstić information content (AvgIpc) is 2.73. The van der Waals surface area contributed by atoms with Crippen LogP contribution in [-0.2, 0) is 20.7 Å². The summed E-state index contributed by atoms with van der Waals surface area (Å²) in [6.07, 6.45) is 0.734. The van der Waals surface area contributed by atoms with Crippen LogP contribution in [0.25, 0.3) is 0 Å². The number of hydrogen-bond donors (Lipinski definition) is 2. The first-order chi connectivity index (χ1) is 14.2. The molecule has 2 aromatic rings. The normalized spacial score (nSPS) is 11.3. The smallest absolute Gasteiger partial charge is 0.328 e. The number of non-ortho nitro benzene ring substituents is 1. The Balaban J connectivity index is 1.90. The summed E-state index contributed by atoms with van der Waals surface area (Å²) in [6, 6.07) is 9.74. The van der Waals surface area contributed by atoms with E-state index in [0.29, 0.717) is 5.69 Å². The Morgan fingerprint density at radius 1 is 1.17 bits per heavy atom. The molecule has 9 nitrogen and oxygen atoms in total. The van der Waals surface area contributed by atoms with Crippen molar-refractivity contribution in [1.29, 1.82) is 0 Å². The molecule has 0 heterocycles. The summed E-state index contributed by atoms with van der Waals surface area (Å²) in [5, 5.41) is 15.9. The molecule has 0 saturated carbocycles. The first-order valence-electron chi connectivity index (χ1n) is 9.33. The van der Waals surface area contributed by atoms with E-state index in [-0.39, 0.29) is 11.3 Å². The van der Waals surface area contributed by atoms with Gasteiger partial charge in [-0.1, -0.05) is 31.2 Å². The van der Waals surface area contributed by atoms with Gasteiger partial charge in [-0.2, -0.15) is 0 Å². The van der Waals surface area contributed by atoms with Crippen molar-refractivity contribution in [3.8, 4) is 0 Å². The highest BCUT2D eigenvalue weighted by molar-refractivity contribution is 5.98. The minimum absolute atomic E-state index is 0.0354. The second kappa shape index (κ2) is 10.1. The van der Waals surface area contributed by atoms with Crippen LogP contribution in [-0.4, -0.2) is 35.4 Å². The quantitative estimate of drug-likeness (QED) is 0.389. The summed E-state index contributed by atoms with van der Waals surface area (Å²) in [5.74, 6) is -1.96. The molecule has 0 aliphatic rings. The van der Waals surface area contributed by atoms with Crippen LogP contribution in [0.2, 0.25) is 0 Å². The minimum atomic E-state index is -1.05. The fourth-order valence-corrected chi connectivity index (χ4v) is 2.74. The lowest BCUT2D eigenvalue weighted by Gasteiger charge is -2.15.